The SMILES string of the molecule is COc1ccc([Si](C)(C)[C@H]2[C@H](C)[C@H](CCc3ccc(N4CCOC4=O)cc3)O[C@@H]2CCn2cc(C(CO)c3ccccc3)nn2)cc1. The van der Waals surface area contributed by atoms with Crippen LogP contribution in [-0.2, 0) is 22.4 Å². The number of anilines is 1. The number of carbonyl (C=O) groups excluding carboxylic acids is 1. The molecule has 4 aromatic rings. The first-order valence-electron chi connectivity index (χ1n) is 16.7. The number of carbonyl (C=O) groups is 1. The number of aliphatic hydroxyl groups is 1. The molecule has 5 atom stereocenters. The van der Waals surface area contributed by atoms with Crippen molar-refractivity contribution in [1.82, 2.24) is 15.0 Å². The standard InChI is InChI=1S/C37H46N4O5Si/c1-26-34(19-12-27-10-13-29(14-11-27)41-22-23-45-37(41)43)46-35(36(26)47(3,4)31-17-15-30(44-2)16-18-31)20-21-40-24-33(38-39-40)32(25-42)28-8-6-5-7-9-28/h5-11,13-18,24,26,32,34-36,42H,12,19-23,25H2,1-4H3/t26-,32?,34+,35-,36+/m1/s1. The first-order chi connectivity index (χ1) is 22.8. The number of rotatable bonds is 13. The molecule has 3 heterocycles. The minimum Gasteiger partial charge on any atom is -0.497 e. The molecule has 1 N–H and O–H groups in total. The van der Waals surface area contributed by atoms with Gasteiger partial charge in [0.1, 0.15) is 12.4 Å². The van der Waals surface area contributed by atoms with Crippen LogP contribution in [0.1, 0.15) is 42.5 Å². The van der Waals surface area contributed by atoms with Crippen LogP contribution in [0.2, 0.25) is 18.6 Å². The predicted octanol–water partition coefficient (Wildman–Crippen LogP) is 5.78. The van der Waals surface area contributed by atoms with Crippen LogP contribution in [0, 0.1) is 5.92 Å². The summed E-state index contributed by atoms with van der Waals surface area (Å²) in [6.45, 7) is 9.00. The minimum absolute atomic E-state index is 0.0229. The molecular formula is C37H46N4O5Si. The number of aryl methyl sites for hydroxylation is 2. The van der Waals surface area contributed by atoms with Crippen molar-refractivity contribution in [3.8, 4) is 5.75 Å². The lowest BCUT2D eigenvalue weighted by molar-refractivity contribution is 0.0250. The Hall–Kier alpha value is -3.99. The van der Waals surface area contributed by atoms with Crippen molar-refractivity contribution in [3.05, 3.63) is 102 Å². The van der Waals surface area contributed by atoms with Gasteiger partial charge in [-0.2, -0.15) is 0 Å². The highest BCUT2D eigenvalue weighted by Gasteiger charge is 2.50. The summed E-state index contributed by atoms with van der Waals surface area (Å²) in [5, 5.41) is 20.5. The van der Waals surface area contributed by atoms with Gasteiger partial charge in [0, 0.05) is 18.4 Å². The van der Waals surface area contributed by atoms with Crippen LogP contribution in [0.5, 0.6) is 5.75 Å². The van der Waals surface area contributed by atoms with Crippen molar-refractivity contribution in [2.45, 2.75) is 69.5 Å². The number of ether oxygens (including phenoxy) is 3. The fourth-order valence-electron chi connectivity index (χ4n) is 7.59. The number of aliphatic hydroxyl groups excluding tert-OH is 1. The number of amides is 1. The van der Waals surface area contributed by atoms with Crippen molar-refractivity contribution in [1.29, 1.82) is 0 Å². The molecule has 0 saturated carbocycles. The van der Waals surface area contributed by atoms with Crippen molar-refractivity contribution in [2.75, 3.05) is 31.8 Å². The summed E-state index contributed by atoms with van der Waals surface area (Å²) in [5.41, 5.74) is 4.31. The van der Waals surface area contributed by atoms with Gasteiger partial charge in [-0.05, 0) is 66.1 Å². The zero-order chi connectivity index (χ0) is 33.0. The van der Waals surface area contributed by atoms with Gasteiger partial charge in [0.15, 0.2) is 0 Å². The van der Waals surface area contributed by atoms with E-state index >= 15 is 0 Å². The average Bonchev–Trinajstić information content (AvgIpc) is 3.83. The van der Waals surface area contributed by atoms with E-state index in [0.29, 0.717) is 31.2 Å². The lowest BCUT2D eigenvalue weighted by Gasteiger charge is -2.36. The Morgan fingerprint density at radius 1 is 1.00 bits per heavy atom. The summed E-state index contributed by atoms with van der Waals surface area (Å²) in [6, 6.07) is 26.8. The second-order valence-electron chi connectivity index (χ2n) is 13.4. The Morgan fingerprint density at radius 2 is 1.74 bits per heavy atom. The zero-order valence-electron chi connectivity index (χ0n) is 27.8. The maximum absolute atomic E-state index is 12.0. The highest BCUT2D eigenvalue weighted by Crippen LogP contribution is 2.46. The van der Waals surface area contributed by atoms with E-state index in [-0.39, 0.29) is 30.8 Å². The molecule has 0 radical (unpaired) electrons. The quantitative estimate of drug-likeness (QED) is 0.183. The third-order valence-corrected chi connectivity index (χ3v) is 14.6. The molecule has 248 valence electrons. The van der Waals surface area contributed by atoms with E-state index in [0.717, 1.165) is 42.0 Å². The number of aromatic nitrogens is 3. The highest BCUT2D eigenvalue weighted by molar-refractivity contribution is 6.91. The van der Waals surface area contributed by atoms with E-state index in [1.807, 2.05) is 53.3 Å². The summed E-state index contributed by atoms with van der Waals surface area (Å²) < 4.78 is 19.4. The van der Waals surface area contributed by atoms with E-state index in [4.69, 9.17) is 14.2 Å². The molecule has 2 saturated heterocycles. The van der Waals surface area contributed by atoms with Gasteiger partial charge in [-0.3, -0.25) is 9.58 Å². The Morgan fingerprint density at radius 3 is 2.40 bits per heavy atom. The van der Waals surface area contributed by atoms with Gasteiger partial charge in [0.05, 0.1) is 52.2 Å². The van der Waals surface area contributed by atoms with Crippen molar-refractivity contribution in [3.63, 3.8) is 0 Å². The molecule has 47 heavy (non-hydrogen) atoms. The number of methoxy groups -OCH3 is 1. The van der Waals surface area contributed by atoms with Gasteiger partial charge in [0.25, 0.3) is 0 Å². The lowest BCUT2D eigenvalue weighted by Crippen LogP contribution is -2.50. The third kappa shape index (κ3) is 7.14. The van der Waals surface area contributed by atoms with E-state index in [2.05, 4.69) is 66.7 Å². The maximum atomic E-state index is 12.0. The second kappa shape index (κ2) is 14.4. The number of benzene rings is 3. The summed E-state index contributed by atoms with van der Waals surface area (Å²) in [7, 11) is -0.291. The number of hydrogen-bond acceptors (Lipinski definition) is 7. The number of cyclic esters (lactones) is 1. The largest absolute Gasteiger partial charge is 0.497 e. The fraction of sp³-hybridized carbons (Fsp3) is 0.432. The molecule has 2 aliphatic heterocycles. The molecule has 1 amide bonds. The number of hydrogen-bond donors (Lipinski definition) is 1. The summed E-state index contributed by atoms with van der Waals surface area (Å²) in [5.74, 6) is 1.05. The van der Waals surface area contributed by atoms with Crippen LogP contribution in [0.25, 0.3) is 0 Å². The molecule has 6 rings (SSSR count). The third-order valence-electron chi connectivity index (χ3n) is 10.2. The number of nitrogens with zero attached hydrogens (tertiary/aromatic N) is 4. The predicted molar refractivity (Wildman–Crippen MR) is 185 cm³/mol. The van der Waals surface area contributed by atoms with E-state index in [1.54, 1.807) is 12.0 Å². The Kier molecular flexibility index (Phi) is 10.1. The van der Waals surface area contributed by atoms with E-state index < -0.39 is 8.07 Å². The fourth-order valence-corrected chi connectivity index (χ4v) is 11.7. The molecule has 3 aromatic carbocycles. The smallest absolute Gasteiger partial charge is 0.414 e. The molecule has 2 aliphatic rings. The van der Waals surface area contributed by atoms with Crippen molar-refractivity contribution < 1.29 is 24.1 Å². The molecule has 1 unspecified atom stereocenters. The molecular weight excluding hydrogens is 609 g/mol. The normalized spacial score (nSPS) is 22.0. The zero-order valence-corrected chi connectivity index (χ0v) is 28.8. The van der Waals surface area contributed by atoms with Gasteiger partial charge in [-0.1, -0.05) is 85.0 Å². The lowest BCUT2D eigenvalue weighted by atomic mass is 9.95. The Balaban J connectivity index is 1.17. The van der Waals surface area contributed by atoms with Crippen molar-refractivity contribution in [2.24, 2.45) is 5.92 Å². The van der Waals surface area contributed by atoms with E-state index in [1.165, 1.54) is 10.8 Å². The van der Waals surface area contributed by atoms with Crippen LogP contribution < -0.4 is 14.8 Å². The van der Waals surface area contributed by atoms with Gasteiger partial charge in [0.2, 0.25) is 0 Å². The van der Waals surface area contributed by atoms with Gasteiger partial charge >= 0.3 is 6.09 Å². The topological polar surface area (TPSA) is 98.9 Å². The van der Waals surface area contributed by atoms with E-state index in [9.17, 15) is 9.90 Å². The van der Waals surface area contributed by atoms with Crippen LogP contribution in [0.4, 0.5) is 10.5 Å². The summed E-state index contributed by atoms with van der Waals surface area (Å²) in [6.07, 6.45) is 4.56. The maximum Gasteiger partial charge on any atom is 0.414 e. The van der Waals surface area contributed by atoms with Crippen LogP contribution >= 0.6 is 0 Å². The first kappa shape index (κ1) is 32.9. The van der Waals surface area contributed by atoms with Crippen LogP contribution in [0.15, 0.2) is 85.1 Å². The first-order valence-corrected chi connectivity index (χ1v) is 19.7. The van der Waals surface area contributed by atoms with Crippen molar-refractivity contribution >= 4 is 25.0 Å². The van der Waals surface area contributed by atoms with Gasteiger partial charge in [-0.25, -0.2) is 4.79 Å². The molecule has 9 nitrogen and oxygen atoms in total. The molecule has 0 aliphatic carbocycles. The molecule has 0 spiro atoms. The highest BCUT2D eigenvalue weighted by atomic mass is 28.3. The summed E-state index contributed by atoms with van der Waals surface area (Å²) in [4.78, 5) is 13.7. The average molecular weight is 655 g/mol. The Labute approximate surface area is 278 Å². The van der Waals surface area contributed by atoms with Gasteiger partial charge in [-0.15, -0.1) is 5.10 Å². The second-order valence-corrected chi connectivity index (χ2v) is 18.0. The monoisotopic (exact) mass is 654 g/mol. The molecule has 2 fully saturated rings. The molecule has 1 aromatic heterocycles. The van der Waals surface area contributed by atoms with Crippen LogP contribution in [-0.4, -0.2) is 73.3 Å². The van der Waals surface area contributed by atoms with Crippen LogP contribution in [0.3, 0.4) is 0 Å². The minimum atomic E-state index is -2.00. The van der Waals surface area contributed by atoms with Gasteiger partial charge < -0.3 is 19.3 Å². The summed E-state index contributed by atoms with van der Waals surface area (Å²) >= 11 is 0. The molecule has 0 bridgehead atoms. The Bertz CT molecular complexity index is 1610. The molecule has 10 heteroatoms.